The van der Waals surface area contributed by atoms with Gasteiger partial charge >= 0.3 is 0 Å². The second-order valence-corrected chi connectivity index (χ2v) is 8.44. The molecule has 0 fully saturated rings. The fraction of sp³-hybridized carbons (Fsp3) is 0.350. The SMILES string of the molecule is CCC(=O)N1CCc2cc(CNS(=O)(=O)c3ccc(C)cc3C)ccc21. The van der Waals surface area contributed by atoms with Gasteiger partial charge in [-0.3, -0.25) is 4.79 Å². The molecule has 6 heteroatoms. The fourth-order valence-corrected chi connectivity index (χ4v) is 4.61. The summed E-state index contributed by atoms with van der Waals surface area (Å²) < 4.78 is 27.9. The first-order chi connectivity index (χ1) is 12.3. The van der Waals surface area contributed by atoms with E-state index in [-0.39, 0.29) is 12.5 Å². The van der Waals surface area contributed by atoms with Crippen LogP contribution >= 0.6 is 0 Å². The minimum absolute atomic E-state index is 0.118. The quantitative estimate of drug-likeness (QED) is 0.877. The highest BCUT2D eigenvalue weighted by atomic mass is 32.2. The summed E-state index contributed by atoms with van der Waals surface area (Å²) >= 11 is 0. The number of rotatable bonds is 5. The van der Waals surface area contributed by atoms with Crippen molar-refractivity contribution in [1.82, 2.24) is 4.72 Å². The molecule has 2 aromatic rings. The molecule has 5 nitrogen and oxygen atoms in total. The number of amides is 1. The Morgan fingerprint density at radius 1 is 1.15 bits per heavy atom. The number of hydrogen-bond acceptors (Lipinski definition) is 3. The lowest BCUT2D eigenvalue weighted by Crippen LogP contribution is -2.27. The molecule has 2 aromatic carbocycles. The summed E-state index contributed by atoms with van der Waals surface area (Å²) in [6, 6.07) is 11.1. The Kier molecular flexibility index (Phi) is 5.16. The van der Waals surface area contributed by atoms with Gasteiger partial charge in [0, 0.05) is 25.2 Å². The minimum atomic E-state index is -3.56. The Balaban J connectivity index is 1.75. The van der Waals surface area contributed by atoms with E-state index >= 15 is 0 Å². The zero-order valence-electron chi connectivity index (χ0n) is 15.4. The van der Waals surface area contributed by atoms with Crippen molar-refractivity contribution in [3.05, 3.63) is 58.7 Å². The van der Waals surface area contributed by atoms with E-state index in [4.69, 9.17) is 0 Å². The van der Waals surface area contributed by atoms with Gasteiger partial charge in [-0.2, -0.15) is 0 Å². The van der Waals surface area contributed by atoms with Crippen molar-refractivity contribution in [3.63, 3.8) is 0 Å². The zero-order chi connectivity index (χ0) is 18.9. The molecule has 0 saturated carbocycles. The molecule has 1 heterocycles. The predicted molar refractivity (Wildman–Crippen MR) is 103 cm³/mol. The van der Waals surface area contributed by atoms with Gasteiger partial charge in [-0.1, -0.05) is 36.8 Å². The minimum Gasteiger partial charge on any atom is -0.312 e. The smallest absolute Gasteiger partial charge is 0.241 e. The van der Waals surface area contributed by atoms with Crippen molar-refractivity contribution in [2.45, 2.75) is 45.1 Å². The lowest BCUT2D eigenvalue weighted by molar-refractivity contribution is -0.118. The molecule has 0 aliphatic carbocycles. The first-order valence-electron chi connectivity index (χ1n) is 8.81. The van der Waals surface area contributed by atoms with Crippen LogP contribution in [0, 0.1) is 13.8 Å². The van der Waals surface area contributed by atoms with E-state index in [1.54, 1.807) is 24.0 Å². The van der Waals surface area contributed by atoms with Gasteiger partial charge in [0.1, 0.15) is 0 Å². The standard InChI is InChI=1S/C20H24N2O3S/c1-4-20(23)22-10-9-17-12-16(6-7-18(17)22)13-21-26(24,25)19-8-5-14(2)11-15(19)3/h5-8,11-12,21H,4,9-10,13H2,1-3H3. The molecule has 0 spiro atoms. The molecule has 1 aliphatic rings. The monoisotopic (exact) mass is 372 g/mol. The fourth-order valence-electron chi connectivity index (χ4n) is 3.37. The van der Waals surface area contributed by atoms with E-state index in [0.717, 1.165) is 34.4 Å². The number of nitrogens with one attached hydrogen (secondary N) is 1. The molecule has 0 aromatic heterocycles. The highest BCUT2D eigenvalue weighted by molar-refractivity contribution is 7.89. The van der Waals surface area contributed by atoms with Crippen LogP contribution in [0.2, 0.25) is 0 Å². The third kappa shape index (κ3) is 3.66. The van der Waals surface area contributed by atoms with E-state index in [9.17, 15) is 13.2 Å². The van der Waals surface area contributed by atoms with Gasteiger partial charge in [0.15, 0.2) is 0 Å². The molecule has 26 heavy (non-hydrogen) atoms. The molecule has 1 N–H and O–H groups in total. The summed E-state index contributed by atoms with van der Waals surface area (Å²) in [6.45, 7) is 6.52. The number of benzene rings is 2. The lowest BCUT2D eigenvalue weighted by Gasteiger charge is -2.16. The van der Waals surface area contributed by atoms with E-state index in [2.05, 4.69) is 4.72 Å². The van der Waals surface area contributed by atoms with Crippen molar-refractivity contribution >= 4 is 21.6 Å². The van der Waals surface area contributed by atoms with Crippen LogP contribution in [0.3, 0.4) is 0 Å². The molecule has 1 amide bonds. The summed E-state index contributed by atoms with van der Waals surface area (Å²) in [5, 5.41) is 0. The van der Waals surface area contributed by atoms with Gasteiger partial charge in [-0.25, -0.2) is 13.1 Å². The molecule has 0 radical (unpaired) electrons. The number of hydrogen-bond donors (Lipinski definition) is 1. The summed E-state index contributed by atoms with van der Waals surface area (Å²) in [4.78, 5) is 14.1. The zero-order valence-corrected chi connectivity index (χ0v) is 16.2. The number of anilines is 1. The highest BCUT2D eigenvalue weighted by Gasteiger charge is 2.24. The van der Waals surface area contributed by atoms with Crippen molar-refractivity contribution in [2.24, 2.45) is 0 Å². The topological polar surface area (TPSA) is 66.5 Å². The van der Waals surface area contributed by atoms with Crippen molar-refractivity contribution in [3.8, 4) is 0 Å². The molecule has 1 aliphatic heterocycles. The third-order valence-electron chi connectivity index (χ3n) is 4.73. The Labute approximate surface area is 155 Å². The van der Waals surface area contributed by atoms with Crippen molar-refractivity contribution < 1.29 is 13.2 Å². The Morgan fingerprint density at radius 2 is 1.92 bits per heavy atom. The molecule has 0 saturated heterocycles. The van der Waals surface area contributed by atoms with Crippen LogP contribution in [0.15, 0.2) is 41.3 Å². The molecule has 3 rings (SSSR count). The van der Waals surface area contributed by atoms with Crippen molar-refractivity contribution in [2.75, 3.05) is 11.4 Å². The van der Waals surface area contributed by atoms with Crippen LogP contribution in [-0.2, 0) is 27.8 Å². The Hall–Kier alpha value is -2.18. The third-order valence-corrected chi connectivity index (χ3v) is 6.29. The van der Waals surface area contributed by atoms with Crippen LogP contribution in [0.25, 0.3) is 0 Å². The maximum absolute atomic E-state index is 12.6. The molecular weight excluding hydrogens is 348 g/mol. The first-order valence-corrected chi connectivity index (χ1v) is 10.3. The van der Waals surface area contributed by atoms with E-state index < -0.39 is 10.0 Å². The van der Waals surface area contributed by atoms with Gasteiger partial charge in [0.2, 0.25) is 15.9 Å². The van der Waals surface area contributed by atoms with Gasteiger partial charge < -0.3 is 4.90 Å². The molecule has 0 bridgehead atoms. The number of fused-ring (bicyclic) bond motifs is 1. The Morgan fingerprint density at radius 3 is 2.62 bits per heavy atom. The number of carbonyl (C=O) groups excluding carboxylic acids is 1. The van der Waals surface area contributed by atoms with Gasteiger partial charge in [0.25, 0.3) is 0 Å². The molecule has 138 valence electrons. The maximum atomic E-state index is 12.6. The average molecular weight is 372 g/mol. The van der Waals surface area contributed by atoms with Crippen LogP contribution < -0.4 is 9.62 Å². The molecular formula is C20H24N2O3S. The second-order valence-electron chi connectivity index (χ2n) is 6.71. The summed E-state index contributed by atoms with van der Waals surface area (Å²) in [6.07, 6.45) is 1.29. The van der Waals surface area contributed by atoms with Crippen LogP contribution in [0.1, 0.15) is 35.6 Å². The molecule has 0 atom stereocenters. The summed E-state index contributed by atoms with van der Waals surface area (Å²) in [5.74, 6) is 0.118. The lowest BCUT2D eigenvalue weighted by atomic mass is 10.1. The largest absolute Gasteiger partial charge is 0.312 e. The summed E-state index contributed by atoms with van der Waals surface area (Å²) in [5.41, 5.74) is 4.70. The number of aryl methyl sites for hydroxylation is 2. The first kappa shape index (κ1) is 18.6. The van der Waals surface area contributed by atoms with E-state index in [0.29, 0.717) is 17.9 Å². The Bertz CT molecular complexity index is 952. The van der Waals surface area contributed by atoms with Gasteiger partial charge in [0.05, 0.1) is 4.90 Å². The maximum Gasteiger partial charge on any atom is 0.241 e. The average Bonchev–Trinajstić information content (AvgIpc) is 3.02. The van der Waals surface area contributed by atoms with Crippen LogP contribution in [0.5, 0.6) is 0 Å². The normalized spacial score (nSPS) is 13.7. The number of nitrogens with zero attached hydrogens (tertiary/aromatic N) is 1. The van der Waals surface area contributed by atoms with Crippen LogP contribution in [-0.4, -0.2) is 20.9 Å². The second kappa shape index (κ2) is 7.21. The van der Waals surface area contributed by atoms with E-state index in [1.165, 1.54) is 0 Å². The van der Waals surface area contributed by atoms with Gasteiger partial charge in [-0.05, 0) is 49.1 Å². The van der Waals surface area contributed by atoms with Crippen LogP contribution in [0.4, 0.5) is 5.69 Å². The summed E-state index contributed by atoms with van der Waals surface area (Å²) in [7, 11) is -3.56. The van der Waals surface area contributed by atoms with Crippen molar-refractivity contribution in [1.29, 1.82) is 0 Å². The van der Waals surface area contributed by atoms with E-state index in [1.807, 2.05) is 38.1 Å². The highest BCUT2D eigenvalue weighted by Crippen LogP contribution is 2.29. The predicted octanol–water partition coefficient (Wildman–Crippen LogP) is 3.08. The number of carbonyl (C=O) groups is 1. The molecule has 0 unspecified atom stereocenters. The number of sulfonamides is 1. The van der Waals surface area contributed by atoms with Gasteiger partial charge in [-0.15, -0.1) is 0 Å².